The summed E-state index contributed by atoms with van der Waals surface area (Å²) >= 11 is 0. The van der Waals surface area contributed by atoms with E-state index in [1.807, 2.05) is 12.1 Å². The van der Waals surface area contributed by atoms with Gasteiger partial charge in [-0.2, -0.15) is 0 Å². The number of hydrogen-bond acceptors (Lipinski definition) is 4. The predicted molar refractivity (Wildman–Crippen MR) is 97.5 cm³/mol. The molecule has 1 aromatic carbocycles. The fourth-order valence-corrected chi connectivity index (χ4v) is 2.77. The molecule has 0 amide bonds. The largest absolute Gasteiger partial charge is 0.366 e. The monoisotopic (exact) mass is 346 g/mol. The third-order valence-corrected chi connectivity index (χ3v) is 4.08. The Morgan fingerprint density at radius 3 is 2.85 bits per heavy atom. The summed E-state index contributed by atoms with van der Waals surface area (Å²) in [4.78, 5) is 24.2. The number of H-pyrrole nitrogens is 1. The maximum absolute atomic E-state index is 13.2. The number of hydrogen-bond donors (Lipinski definition) is 2. The van der Waals surface area contributed by atoms with Gasteiger partial charge in [-0.1, -0.05) is 12.1 Å². The van der Waals surface area contributed by atoms with Crippen LogP contribution in [-0.2, 0) is 6.54 Å². The number of pyridine rings is 2. The number of anilines is 1. The summed E-state index contributed by atoms with van der Waals surface area (Å²) in [6.45, 7) is 0.451. The molecule has 0 saturated carbocycles. The Morgan fingerprint density at radius 2 is 2.04 bits per heavy atom. The van der Waals surface area contributed by atoms with E-state index in [4.69, 9.17) is 0 Å². The highest BCUT2D eigenvalue weighted by atomic mass is 19.1. The lowest BCUT2D eigenvalue weighted by Crippen LogP contribution is -2.04. The molecule has 0 aliphatic rings. The molecule has 26 heavy (non-hydrogen) atoms. The van der Waals surface area contributed by atoms with E-state index < -0.39 is 0 Å². The summed E-state index contributed by atoms with van der Waals surface area (Å²) in [6.07, 6.45) is 4.87. The van der Waals surface area contributed by atoms with Crippen LogP contribution in [0.1, 0.15) is 21.5 Å². The minimum Gasteiger partial charge on any atom is -0.366 e. The smallest absolute Gasteiger partial charge is 0.196 e. The lowest BCUT2D eigenvalue weighted by Gasteiger charge is -2.06. The van der Waals surface area contributed by atoms with Crippen molar-refractivity contribution in [2.75, 3.05) is 5.32 Å². The quantitative estimate of drug-likeness (QED) is 0.537. The molecular formula is C20H15FN4O. The Morgan fingerprint density at radius 1 is 1.12 bits per heavy atom. The number of carbonyl (C=O) groups excluding carboxylic acids is 1. The molecule has 0 fully saturated rings. The highest BCUT2D eigenvalue weighted by Gasteiger charge is 2.14. The van der Waals surface area contributed by atoms with Crippen LogP contribution >= 0.6 is 0 Å². The lowest BCUT2D eigenvalue weighted by atomic mass is 10.1. The van der Waals surface area contributed by atoms with Gasteiger partial charge >= 0.3 is 0 Å². The maximum atomic E-state index is 13.2. The molecule has 0 spiro atoms. The fourth-order valence-electron chi connectivity index (χ4n) is 2.77. The van der Waals surface area contributed by atoms with Crippen LogP contribution in [0.5, 0.6) is 0 Å². The van der Waals surface area contributed by atoms with Crippen molar-refractivity contribution in [3.05, 3.63) is 89.6 Å². The normalized spacial score (nSPS) is 10.8. The zero-order valence-electron chi connectivity index (χ0n) is 13.7. The van der Waals surface area contributed by atoms with Gasteiger partial charge in [0.15, 0.2) is 5.78 Å². The van der Waals surface area contributed by atoms with Crippen LogP contribution in [0.25, 0.3) is 11.0 Å². The van der Waals surface area contributed by atoms with Crippen molar-refractivity contribution in [2.45, 2.75) is 6.54 Å². The highest BCUT2D eigenvalue weighted by molar-refractivity contribution is 6.15. The number of nitrogens with one attached hydrogen (secondary N) is 2. The molecule has 4 rings (SSSR count). The van der Waals surface area contributed by atoms with Crippen molar-refractivity contribution < 1.29 is 9.18 Å². The second-order valence-corrected chi connectivity index (χ2v) is 5.85. The van der Waals surface area contributed by atoms with Crippen molar-refractivity contribution in [3.63, 3.8) is 0 Å². The first-order chi connectivity index (χ1) is 12.7. The second-order valence-electron chi connectivity index (χ2n) is 5.85. The molecule has 0 aliphatic carbocycles. The summed E-state index contributed by atoms with van der Waals surface area (Å²) < 4.78 is 13.2. The van der Waals surface area contributed by atoms with E-state index in [1.165, 1.54) is 18.3 Å². The minimum absolute atomic E-state index is 0.117. The van der Waals surface area contributed by atoms with Crippen molar-refractivity contribution in [2.24, 2.45) is 0 Å². The molecule has 0 aliphatic heterocycles. The van der Waals surface area contributed by atoms with Gasteiger partial charge in [0.2, 0.25) is 0 Å². The SMILES string of the molecule is O=C(c1ccc(NCc2cccc(F)c2)nc1)c1c[nH]c2ncccc12. The van der Waals surface area contributed by atoms with Crippen molar-refractivity contribution in [3.8, 4) is 0 Å². The predicted octanol–water partition coefficient (Wildman–Crippen LogP) is 3.94. The molecule has 0 saturated heterocycles. The first-order valence-electron chi connectivity index (χ1n) is 8.12. The first kappa shape index (κ1) is 16.0. The van der Waals surface area contributed by atoms with E-state index in [0.29, 0.717) is 29.1 Å². The third-order valence-electron chi connectivity index (χ3n) is 4.08. The Balaban J connectivity index is 1.49. The fraction of sp³-hybridized carbons (Fsp3) is 0.0500. The minimum atomic E-state index is -0.272. The number of halogens is 1. The number of aromatic nitrogens is 3. The molecule has 5 nitrogen and oxygen atoms in total. The summed E-state index contributed by atoms with van der Waals surface area (Å²) in [7, 11) is 0. The second kappa shape index (κ2) is 6.76. The van der Waals surface area contributed by atoms with Gasteiger partial charge in [-0.3, -0.25) is 4.79 Å². The molecule has 2 N–H and O–H groups in total. The number of carbonyl (C=O) groups is 1. The number of fused-ring (bicyclic) bond motifs is 1. The summed E-state index contributed by atoms with van der Waals surface area (Å²) in [5.74, 6) is 0.228. The zero-order valence-corrected chi connectivity index (χ0v) is 13.7. The molecule has 3 heterocycles. The highest BCUT2D eigenvalue weighted by Crippen LogP contribution is 2.19. The van der Waals surface area contributed by atoms with Gasteiger partial charge in [0.1, 0.15) is 17.3 Å². The number of nitrogens with zero attached hydrogens (tertiary/aromatic N) is 2. The van der Waals surface area contributed by atoms with Crippen molar-refractivity contribution in [1.82, 2.24) is 15.0 Å². The molecule has 6 heteroatoms. The van der Waals surface area contributed by atoms with Gasteiger partial charge < -0.3 is 10.3 Å². The third kappa shape index (κ3) is 3.17. The van der Waals surface area contributed by atoms with Crippen molar-refractivity contribution in [1.29, 1.82) is 0 Å². The van der Waals surface area contributed by atoms with Crippen LogP contribution in [-0.4, -0.2) is 20.7 Å². The molecule has 3 aromatic heterocycles. The van der Waals surface area contributed by atoms with E-state index in [2.05, 4.69) is 20.3 Å². The van der Waals surface area contributed by atoms with E-state index in [0.717, 1.165) is 10.9 Å². The topological polar surface area (TPSA) is 70.7 Å². The average molecular weight is 346 g/mol. The Labute approximate surface area is 148 Å². The Bertz CT molecular complexity index is 1070. The molecule has 128 valence electrons. The Kier molecular flexibility index (Phi) is 4.15. The van der Waals surface area contributed by atoms with E-state index in [1.54, 1.807) is 36.7 Å². The van der Waals surface area contributed by atoms with Crippen LogP contribution in [0.15, 0.2) is 67.1 Å². The lowest BCUT2D eigenvalue weighted by molar-refractivity contribution is 0.104. The number of rotatable bonds is 5. The van der Waals surface area contributed by atoms with E-state index >= 15 is 0 Å². The molecular weight excluding hydrogens is 331 g/mol. The van der Waals surface area contributed by atoms with Gasteiger partial charge in [-0.15, -0.1) is 0 Å². The molecule has 4 aromatic rings. The summed E-state index contributed by atoms with van der Waals surface area (Å²) in [6, 6.07) is 13.5. The van der Waals surface area contributed by atoms with Crippen molar-refractivity contribution >= 4 is 22.6 Å². The van der Waals surface area contributed by atoms with Crippen LogP contribution in [0.2, 0.25) is 0 Å². The van der Waals surface area contributed by atoms with Gasteiger partial charge in [-0.25, -0.2) is 14.4 Å². The zero-order chi connectivity index (χ0) is 17.9. The summed E-state index contributed by atoms with van der Waals surface area (Å²) in [5.41, 5.74) is 2.55. The van der Waals surface area contributed by atoms with Crippen LogP contribution in [0.3, 0.4) is 0 Å². The molecule has 0 radical (unpaired) electrons. The van der Waals surface area contributed by atoms with Gasteiger partial charge in [0.25, 0.3) is 0 Å². The maximum Gasteiger partial charge on any atom is 0.196 e. The van der Waals surface area contributed by atoms with Crippen LogP contribution < -0.4 is 5.32 Å². The van der Waals surface area contributed by atoms with Gasteiger partial charge in [0, 0.05) is 41.6 Å². The average Bonchev–Trinajstić information content (AvgIpc) is 3.10. The van der Waals surface area contributed by atoms with Crippen LogP contribution in [0, 0.1) is 5.82 Å². The van der Waals surface area contributed by atoms with E-state index in [9.17, 15) is 9.18 Å². The number of ketones is 1. The van der Waals surface area contributed by atoms with Gasteiger partial charge in [-0.05, 0) is 42.0 Å². The Hall–Kier alpha value is -3.54. The molecule has 0 unspecified atom stereocenters. The van der Waals surface area contributed by atoms with Crippen LogP contribution in [0.4, 0.5) is 10.2 Å². The molecule has 0 bridgehead atoms. The summed E-state index contributed by atoms with van der Waals surface area (Å²) in [5, 5.41) is 3.90. The molecule has 0 atom stereocenters. The van der Waals surface area contributed by atoms with Gasteiger partial charge in [0.05, 0.1) is 0 Å². The van der Waals surface area contributed by atoms with E-state index in [-0.39, 0.29) is 11.6 Å². The standard InChI is InChI=1S/C20H15FN4O/c21-15-4-1-3-13(9-15)10-23-18-7-6-14(11-24-18)19(26)17-12-25-20-16(17)5-2-8-22-20/h1-9,11-12H,10H2,(H,22,25)(H,23,24). The number of benzene rings is 1. The number of aromatic amines is 1. The first-order valence-corrected chi connectivity index (χ1v) is 8.12.